The fraction of sp³-hybridized carbons (Fsp3) is 0.0769. The number of rotatable bonds is 2. The van der Waals surface area contributed by atoms with Gasteiger partial charge in [0.1, 0.15) is 11.6 Å². The van der Waals surface area contributed by atoms with Gasteiger partial charge in [0.2, 0.25) is 0 Å². The second-order valence-corrected chi connectivity index (χ2v) is 4.15. The second-order valence-electron chi connectivity index (χ2n) is 4.15. The largest absolute Gasteiger partial charge is 0.497 e. The van der Waals surface area contributed by atoms with Gasteiger partial charge in [-0.05, 0) is 35.3 Å². The maximum Gasteiger partial charge on any atom is 0.473 e. The number of aromatic nitrogens is 1. The summed E-state index contributed by atoms with van der Waals surface area (Å²) in [5.41, 5.74) is 1.63. The first-order valence-electron chi connectivity index (χ1n) is 5.90. The van der Waals surface area contributed by atoms with Gasteiger partial charge in [0.25, 0.3) is 0 Å². The zero-order chi connectivity index (χ0) is 13.2. The highest BCUT2D eigenvalue weighted by molar-refractivity contribution is 6.71. The molecule has 0 radical (unpaired) electrons. The number of benzene rings is 1. The highest BCUT2D eigenvalue weighted by atomic mass is 16.5. The minimum atomic E-state index is -0.846. The van der Waals surface area contributed by atoms with Crippen LogP contribution >= 0.6 is 0 Å². The van der Waals surface area contributed by atoms with Gasteiger partial charge in [0, 0.05) is 6.20 Å². The Balaban J connectivity index is 1.99. The number of hydrazone groups is 1. The van der Waals surface area contributed by atoms with E-state index in [9.17, 15) is 5.02 Å². The average molecular weight is 253 g/mol. The van der Waals surface area contributed by atoms with Crippen molar-refractivity contribution < 1.29 is 9.76 Å². The Labute approximate surface area is 111 Å². The third-order valence-electron chi connectivity index (χ3n) is 3.01. The number of nitrogens with zero attached hydrogens (tertiary/aromatic N) is 3. The van der Waals surface area contributed by atoms with E-state index in [1.165, 1.54) is 4.92 Å². The van der Waals surface area contributed by atoms with E-state index in [0.29, 0.717) is 5.82 Å². The first-order chi connectivity index (χ1) is 9.29. The lowest BCUT2D eigenvalue weighted by atomic mass is 9.70. The van der Waals surface area contributed by atoms with Crippen molar-refractivity contribution in [1.82, 2.24) is 4.98 Å². The Morgan fingerprint density at radius 1 is 1.26 bits per heavy atom. The van der Waals surface area contributed by atoms with Crippen LogP contribution in [0.2, 0.25) is 0 Å². The number of hydrogen-bond donors (Lipinski definition) is 1. The lowest BCUT2D eigenvalue weighted by Gasteiger charge is -2.25. The maximum atomic E-state index is 10.4. The number of hydrogen-bond acceptors (Lipinski definition) is 5. The van der Waals surface area contributed by atoms with E-state index in [1.54, 1.807) is 25.6 Å². The van der Waals surface area contributed by atoms with Gasteiger partial charge >= 0.3 is 7.05 Å². The molecule has 1 N–H and O–H groups in total. The lowest BCUT2D eigenvalue weighted by Crippen LogP contribution is -2.50. The monoisotopic (exact) mass is 253 g/mol. The molecule has 1 aliphatic rings. The first kappa shape index (κ1) is 11.7. The third kappa shape index (κ3) is 2.06. The van der Waals surface area contributed by atoms with Crippen LogP contribution < -0.4 is 15.1 Å². The number of methoxy groups -OCH3 is 1. The fourth-order valence-corrected chi connectivity index (χ4v) is 2.02. The van der Waals surface area contributed by atoms with Crippen LogP contribution in [0.1, 0.15) is 5.56 Å². The zero-order valence-corrected chi connectivity index (χ0v) is 10.4. The Bertz CT molecular complexity index is 619. The Morgan fingerprint density at radius 2 is 2.16 bits per heavy atom. The van der Waals surface area contributed by atoms with Gasteiger partial charge in [-0.15, -0.1) is 0 Å². The summed E-state index contributed by atoms with van der Waals surface area (Å²) in [6.07, 6.45) is 3.36. The summed E-state index contributed by atoms with van der Waals surface area (Å²) in [5, 5.41) is 14.6. The molecule has 1 aliphatic heterocycles. The van der Waals surface area contributed by atoms with Gasteiger partial charge < -0.3 is 9.76 Å². The van der Waals surface area contributed by atoms with Crippen molar-refractivity contribution in [2.75, 3.05) is 12.0 Å². The Kier molecular flexibility index (Phi) is 2.93. The summed E-state index contributed by atoms with van der Waals surface area (Å²) in [6.45, 7) is 0. The lowest BCUT2D eigenvalue weighted by molar-refractivity contribution is 0.415. The highest BCUT2D eigenvalue weighted by Crippen LogP contribution is 2.17. The van der Waals surface area contributed by atoms with Gasteiger partial charge in [-0.3, -0.25) is 4.92 Å². The predicted octanol–water partition coefficient (Wildman–Crippen LogP) is 0.632. The van der Waals surface area contributed by atoms with Gasteiger partial charge in [-0.1, -0.05) is 12.1 Å². The first-order valence-corrected chi connectivity index (χ1v) is 5.90. The van der Waals surface area contributed by atoms with Gasteiger partial charge in [0.05, 0.1) is 13.3 Å². The molecule has 0 aliphatic carbocycles. The molecule has 0 spiro atoms. The van der Waals surface area contributed by atoms with Crippen molar-refractivity contribution in [3.8, 4) is 5.75 Å². The summed E-state index contributed by atoms with van der Waals surface area (Å²) in [5.74, 6) is 1.34. The molecule has 0 amide bonds. The van der Waals surface area contributed by atoms with Gasteiger partial charge in [0.15, 0.2) is 0 Å². The molecule has 2 aromatic rings. The molecule has 0 fully saturated rings. The van der Waals surface area contributed by atoms with Crippen molar-refractivity contribution in [1.29, 1.82) is 0 Å². The molecule has 1 aromatic heterocycles. The van der Waals surface area contributed by atoms with Crippen LogP contribution in [-0.4, -0.2) is 30.4 Å². The molecule has 6 heteroatoms. The molecule has 94 valence electrons. The molecule has 1 aromatic carbocycles. The van der Waals surface area contributed by atoms with Crippen molar-refractivity contribution in [2.24, 2.45) is 5.10 Å². The topological polar surface area (TPSA) is 58.0 Å². The quantitative estimate of drug-likeness (QED) is 0.797. The molecule has 19 heavy (non-hydrogen) atoms. The van der Waals surface area contributed by atoms with Crippen LogP contribution in [0.3, 0.4) is 0 Å². The molecule has 5 nitrogen and oxygen atoms in total. The molecule has 0 saturated heterocycles. The van der Waals surface area contributed by atoms with E-state index in [2.05, 4.69) is 10.1 Å². The number of anilines is 1. The maximum absolute atomic E-state index is 10.4. The summed E-state index contributed by atoms with van der Waals surface area (Å²) >= 11 is 0. The molecule has 2 heterocycles. The molecule has 0 saturated carbocycles. The fourth-order valence-electron chi connectivity index (χ4n) is 2.02. The average Bonchev–Trinajstić information content (AvgIpc) is 2.48. The number of pyridine rings is 1. The summed E-state index contributed by atoms with van der Waals surface area (Å²) in [7, 11) is 0.763. The van der Waals surface area contributed by atoms with Crippen LogP contribution in [0.25, 0.3) is 0 Å². The van der Waals surface area contributed by atoms with Crippen molar-refractivity contribution in [3.63, 3.8) is 0 Å². The minimum absolute atomic E-state index is 0.604. The van der Waals surface area contributed by atoms with Gasteiger partial charge in [-0.2, -0.15) is 5.10 Å². The predicted molar refractivity (Wildman–Crippen MR) is 74.9 cm³/mol. The van der Waals surface area contributed by atoms with Crippen LogP contribution in [0.15, 0.2) is 47.7 Å². The smallest absolute Gasteiger partial charge is 0.473 e. The van der Waals surface area contributed by atoms with E-state index in [1.807, 2.05) is 30.3 Å². The van der Waals surface area contributed by atoms with Crippen LogP contribution in [0, 0.1) is 0 Å². The molecular formula is C13H12BN3O2. The van der Waals surface area contributed by atoms with E-state index >= 15 is 0 Å². The minimum Gasteiger partial charge on any atom is -0.497 e. The summed E-state index contributed by atoms with van der Waals surface area (Å²) < 4.78 is 5.16. The van der Waals surface area contributed by atoms with E-state index in [0.717, 1.165) is 16.8 Å². The van der Waals surface area contributed by atoms with Crippen molar-refractivity contribution >= 4 is 24.5 Å². The number of ether oxygens (including phenoxy) is 1. The molecule has 0 bridgehead atoms. The Morgan fingerprint density at radius 3 is 2.89 bits per heavy atom. The highest BCUT2D eigenvalue weighted by Gasteiger charge is 2.30. The van der Waals surface area contributed by atoms with Crippen molar-refractivity contribution in [2.45, 2.75) is 0 Å². The SMILES string of the molecule is COc1ccc2c(c1)C=NN(c1ccccn1)B2O. The molecule has 0 unspecified atom stereocenters. The number of fused-ring (bicyclic) bond motifs is 1. The molecular weight excluding hydrogens is 241 g/mol. The van der Waals surface area contributed by atoms with E-state index in [-0.39, 0.29) is 0 Å². The summed E-state index contributed by atoms with van der Waals surface area (Å²) in [4.78, 5) is 5.67. The Hall–Kier alpha value is -2.34. The normalized spacial score (nSPS) is 13.4. The standard InChI is InChI=1S/C13H12BN3O2/c1-19-11-5-6-12-10(8-11)9-16-17(14(12)18)13-4-2-3-7-15-13/h2-9,18H,1H3. The zero-order valence-electron chi connectivity index (χ0n) is 10.4. The molecule has 3 rings (SSSR count). The van der Waals surface area contributed by atoms with Crippen LogP contribution in [0.5, 0.6) is 5.75 Å². The molecule has 0 atom stereocenters. The van der Waals surface area contributed by atoms with E-state index in [4.69, 9.17) is 4.74 Å². The van der Waals surface area contributed by atoms with Crippen molar-refractivity contribution in [3.05, 3.63) is 48.2 Å². The van der Waals surface area contributed by atoms with E-state index < -0.39 is 7.05 Å². The summed E-state index contributed by atoms with van der Waals surface area (Å²) in [6, 6.07) is 11.0. The third-order valence-corrected chi connectivity index (χ3v) is 3.01. The van der Waals surface area contributed by atoms with Gasteiger partial charge in [-0.25, -0.2) is 4.98 Å². The van der Waals surface area contributed by atoms with Crippen LogP contribution in [0.4, 0.5) is 5.82 Å². The van der Waals surface area contributed by atoms with Crippen LogP contribution in [-0.2, 0) is 0 Å². The second kappa shape index (κ2) is 4.74.